The van der Waals surface area contributed by atoms with Crippen molar-refractivity contribution >= 4 is 0 Å². The Labute approximate surface area is 234 Å². The molecule has 0 aliphatic rings. The van der Waals surface area contributed by atoms with Gasteiger partial charge in [-0.05, 0) is 59.7 Å². The van der Waals surface area contributed by atoms with Gasteiger partial charge < -0.3 is 25.7 Å². The Bertz CT molecular complexity index is 716. The first-order valence-corrected chi connectivity index (χ1v) is 13.2. The van der Waals surface area contributed by atoms with E-state index in [1.165, 1.54) is 5.56 Å². The fraction of sp³-hybridized carbons (Fsp3) is 0.455. The van der Waals surface area contributed by atoms with Gasteiger partial charge in [-0.2, -0.15) is 0 Å². The lowest BCUT2D eigenvalue weighted by molar-refractivity contribution is 0.0786. The fourth-order valence-corrected chi connectivity index (χ4v) is 1.77. The highest BCUT2D eigenvalue weighted by atomic mass is 16.3. The Balaban J connectivity index is -0.000000186. The first-order chi connectivity index (χ1) is 18.0. The van der Waals surface area contributed by atoms with Gasteiger partial charge in [-0.3, -0.25) is 0 Å². The highest BCUT2D eigenvalue weighted by molar-refractivity contribution is 5.20. The standard InChI is InChI=1S/C9H12O.C7H8.C6H6.C4H10O.C3H8O.C2H7N.C2H6O/c1-9(2,10)8-6-4-3-5-7-8;1-7-5-3-2-4-6-7;1-2-4-6-5-3-1;1-4(2)3-5;1-2-3-4;1-3-2;1-2-3/h3-7,10H,1-2H3;2-6H,1H3;1-6H;4-5H,3H2,1-2H3;4H,2-3H2,1H3;3H,1-2H3;3H,2H2,1H3. The molecule has 0 atom stereocenters. The van der Waals surface area contributed by atoms with Crippen LogP contribution in [0.25, 0.3) is 0 Å². The summed E-state index contributed by atoms with van der Waals surface area (Å²) < 4.78 is 0. The van der Waals surface area contributed by atoms with E-state index >= 15 is 0 Å². The van der Waals surface area contributed by atoms with Gasteiger partial charge in [0.05, 0.1) is 5.60 Å². The average molecular weight is 532 g/mol. The number of benzene rings is 3. The molecule has 0 saturated carbocycles. The Hall–Kier alpha value is -2.54. The molecule has 0 unspecified atom stereocenters. The topological polar surface area (TPSA) is 93.0 Å². The molecule has 0 aliphatic heterocycles. The number of rotatable bonds is 3. The summed E-state index contributed by atoms with van der Waals surface area (Å²) in [4.78, 5) is 0. The van der Waals surface area contributed by atoms with Crippen LogP contribution in [0.1, 0.15) is 59.1 Å². The van der Waals surface area contributed by atoms with Crippen LogP contribution in [0.2, 0.25) is 0 Å². The van der Waals surface area contributed by atoms with Gasteiger partial charge in [0, 0.05) is 19.8 Å². The normalized spacial score (nSPS) is 8.89. The molecule has 3 rings (SSSR count). The van der Waals surface area contributed by atoms with Crippen molar-refractivity contribution < 1.29 is 20.4 Å². The number of hydrogen-bond acceptors (Lipinski definition) is 5. The molecule has 0 spiro atoms. The highest BCUT2D eigenvalue weighted by Gasteiger charge is 2.13. The molecule has 5 N–H and O–H groups in total. The molecule has 3 aromatic carbocycles. The van der Waals surface area contributed by atoms with Gasteiger partial charge in [-0.25, -0.2) is 0 Å². The van der Waals surface area contributed by atoms with Crippen LogP contribution in [-0.4, -0.2) is 54.3 Å². The summed E-state index contributed by atoms with van der Waals surface area (Å²) in [6, 6.07) is 31.9. The first-order valence-electron chi connectivity index (χ1n) is 13.2. The fourth-order valence-electron chi connectivity index (χ4n) is 1.77. The summed E-state index contributed by atoms with van der Waals surface area (Å²) in [5, 5.41) is 35.8. The van der Waals surface area contributed by atoms with Crippen LogP contribution in [0.15, 0.2) is 97.1 Å². The third kappa shape index (κ3) is 43.5. The molecule has 0 heterocycles. The van der Waals surface area contributed by atoms with Crippen LogP contribution < -0.4 is 5.32 Å². The summed E-state index contributed by atoms with van der Waals surface area (Å²) in [5.41, 5.74) is 1.57. The number of aliphatic hydroxyl groups is 4. The van der Waals surface area contributed by atoms with Crippen molar-refractivity contribution in [3.8, 4) is 0 Å². The summed E-state index contributed by atoms with van der Waals surface area (Å²) >= 11 is 0. The molecule has 0 amide bonds. The van der Waals surface area contributed by atoms with Crippen molar-refractivity contribution in [3.05, 3.63) is 108 Å². The van der Waals surface area contributed by atoms with Crippen molar-refractivity contribution in [1.82, 2.24) is 5.32 Å². The Morgan fingerprint density at radius 2 is 0.921 bits per heavy atom. The summed E-state index contributed by atoms with van der Waals surface area (Å²) in [5.74, 6) is 0.440. The molecule has 0 aliphatic carbocycles. The third-order valence-corrected chi connectivity index (χ3v) is 3.68. The monoisotopic (exact) mass is 531 g/mol. The lowest BCUT2D eigenvalue weighted by atomic mass is 9.99. The molecule has 5 nitrogen and oxygen atoms in total. The smallest absolute Gasteiger partial charge is 0.0840 e. The molecular formula is C33H57NO4. The van der Waals surface area contributed by atoms with Gasteiger partial charge in [0.15, 0.2) is 0 Å². The van der Waals surface area contributed by atoms with Gasteiger partial charge in [0.2, 0.25) is 0 Å². The molecule has 0 saturated heterocycles. The third-order valence-electron chi connectivity index (χ3n) is 3.68. The number of hydrogen-bond donors (Lipinski definition) is 5. The number of aryl methyl sites for hydroxylation is 1. The van der Waals surface area contributed by atoms with Gasteiger partial charge in [0.1, 0.15) is 0 Å². The van der Waals surface area contributed by atoms with Crippen LogP contribution in [0.3, 0.4) is 0 Å². The quantitative estimate of drug-likeness (QED) is 0.268. The van der Waals surface area contributed by atoms with Crippen molar-refractivity contribution in [3.63, 3.8) is 0 Å². The summed E-state index contributed by atoms with van der Waals surface area (Å²) in [6.07, 6.45) is 0.875. The van der Waals surface area contributed by atoms with E-state index in [0.717, 1.165) is 12.0 Å². The van der Waals surface area contributed by atoms with Crippen molar-refractivity contribution in [2.75, 3.05) is 33.9 Å². The van der Waals surface area contributed by atoms with Crippen LogP contribution in [-0.2, 0) is 5.60 Å². The zero-order chi connectivity index (χ0) is 30.1. The van der Waals surface area contributed by atoms with Gasteiger partial charge in [-0.15, -0.1) is 0 Å². The van der Waals surface area contributed by atoms with Crippen LogP contribution in [0, 0.1) is 12.8 Å². The maximum Gasteiger partial charge on any atom is 0.0840 e. The van der Waals surface area contributed by atoms with Crippen molar-refractivity contribution in [2.24, 2.45) is 5.92 Å². The molecule has 0 bridgehead atoms. The summed E-state index contributed by atoms with van der Waals surface area (Å²) in [7, 11) is 3.75. The maximum absolute atomic E-state index is 9.49. The van der Waals surface area contributed by atoms with E-state index in [0.29, 0.717) is 19.1 Å². The van der Waals surface area contributed by atoms with E-state index in [2.05, 4.69) is 24.4 Å². The molecule has 0 fully saturated rings. The minimum atomic E-state index is -0.707. The van der Waals surface area contributed by atoms with Gasteiger partial charge in [-0.1, -0.05) is 123 Å². The second-order valence-corrected chi connectivity index (χ2v) is 8.85. The predicted molar refractivity (Wildman–Crippen MR) is 166 cm³/mol. The van der Waals surface area contributed by atoms with Crippen LogP contribution in [0.5, 0.6) is 0 Å². The maximum atomic E-state index is 9.49. The zero-order valence-electron chi connectivity index (χ0n) is 25.4. The second-order valence-electron chi connectivity index (χ2n) is 8.85. The molecule has 38 heavy (non-hydrogen) atoms. The lowest BCUT2D eigenvalue weighted by Crippen LogP contribution is -2.14. The Morgan fingerprint density at radius 1 is 0.684 bits per heavy atom. The summed E-state index contributed by atoms with van der Waals surface area (Å²) in [6.45, 7) is 14.1. The minimum Gasteiger partial charge on any atom is -0.397 e. The number of nitrogens with one attached hydrogen (secondary N) is 1. The van der Waals surface area contributed by atoms with E-state index in [-0.39, 0.29) is 6.61 Å². The largest absolute Gasteiger partial charge is 0.397 e. The van der Waals surface area contributed by atoms with E-state index in [1.807, 2.05) is 120 Å². The predicted octanol–water partition coefficient (Wildman–Crippen LogP) is 6.45. The SMILES string of the molecule is CC(C)(O)c1ccccc1.CC(C)CO.CCCO.CCO.CNC.Cc1ccccc1.c1ccccc1. The molecule has 218 valence electrons. The lowest BCUT2D eigenvalue weighted by Gasteiger charge is -2.16. The van der Waals surface area contributed by atoms with E-state index < -0.39 is 5.60 Å². The first kappa shape index (κ1) is 42.5. The van der Waals surface area contributed by atoms with Crippen molar-refractivity contribution in [2.45, 2.75) is 60.5 Å². The molecular weight excluding hydrogens is 474 g/mol. The molecule has 3 aromatic rings. The second kappa shape index (κ2) is 34.5. The van der Waals surface area contributed by atoms with Gasteiger partial charge in [0.25, 0.3) is 0 Å². The molecule has 0 radical (unpaired) electrons. The van der Waals surface area contributed by atoms with Crippen molar-refractivity contribution in [1.29, 1.82) is 0 Å². The molecule has 0 aromatic heterocycles. The minimum absolute atomic E-state index is 0.250. The highest BCUT2D eigenvalue weighted by Crippen LogP contribution is 2.17. The van der Waals surface area contributed by atoms with E-state index in [1.54, 1.807) is 20.8 Å². The Morgan fingerprint density at radius 3 is 1.05 bits per heavy atom. The van der Waals surface area contributed by atoms with E-state index in [4.69, 9.17) is 15.3 Å². The number of aliphatic hydroxyl groups excluding tert-OH is 3. The van der Waals surface area contributed by atoms with Gasteiger partial charge >= 0.3 is 0 Å². The van der Waals surface area contributed by atoms with Crippen LogP contribution in [0.4, 0.5) is 0 Å². The Kier molecular flexibility index (Phi) is 38.6. The van der Waals surface area contributed by atoms with Crippen LogP contribution >= 0.6 is 0 Å². The van der Waals surface area contributed by atoms with E-state index in [9.17, 15) is 5.11 Å². The molecule has 5 heteroatoms. The average Bonchev–Trinajstić information content (AvgIpc) is 2.92. The zero-order valence-corrected chi connectivity index (χ0v) is 25.4.